The molecule has 1 aliphatic heterocycles. The first-order chi connectivity index (χ1) is 12.0. The van der Waals surface area contributed by atoms with E-state index in [2.05, 4.69) is 20.2 Å². The van der Waals surface area contributed by atoms with Crippen LogP contribution in [-0.2, 0) is 6.54 Å². The Labute approximate surface area is 146 Å². The maximum absolute atomic E-state index is 10.6. The first-order valence-electron chi connectivity index (χ1n) is 8.51. The third-order valence-corrected chi connectivity index (χ3v) is 4.67. The summed E-state index contributed by atoms with van der Waals surface area (Å²) in [4.78, 5) is 21.1. The van der Waals surface area contributed by atoms with Crippen molar-refractivity contribution < 1.29 is 9.34 Å². The summed E-state index contributed by atoms with van der Waals surface area (Å²) < 4.78 is 5.65. The van der Waals surface area contributed by atoms with Gasteiger partial charge in [0.1, 0.15) is 17.8 Å². The van der Waals surface area contributed by atoms with Gasteiger partial charge in [0, 0.05) is 12.6 Å². The van der Waals surface area contributed by atoms with Crippen molar-refractivity contribution in [2.75, 3.05) is 25.0 Å². The van der Waals surface area contributed by atoms with Gasteiger partial charge in [-0.25, -0.2) is 9.97 Å². The van der Waals surface area contributed by atoms with Crippen LogP contribution in [0.4, 0.5) is 11.5 Å². The van der Waals surface area contributed by atoms with Crippen molar-refractivity contribution >= 4 is 11.5 Å². The maximum Gasteiger partial charge on any atom is 0.287 e. The Bertz CT molecular complexity index is 701. The molecule has 0 amide bonds. The Kier molecular flexibility index (Phi) is 5.28. The normalized spacial score (nSPS) is 16.1. The molecular formula is C17H23N5O3. The number of nitrogens with zero attached hydrogens (tertiary/aromatic N) is 4. The molecule has 25 heavy (non-hydrogen) atoms. The van der Waals surface area contributed by atoms with E-state index in [9.17, 15) is 10.1 Å². The van der Waals surface area contributed by atoms with E-state index in [4.69, 9.17) is 4.42 Å². The zero-order valence-corrected chi connectivity index (χ0v) is 14.6. The van der Waals surface area contributed by atoms with Gasteiger partial charge in [-0.15, -0.1) is 0 Å². The van der Waals surface area contributed by atoms with Crippen LogP contribution < -0.4 is 5.32 Å². The van der Waals surface area contributed by atoms with E-state index in [0.717, 1.165) is 56.4 Å². The predicted molar refractivity (Wildman–Crippen MR) is 93.4 cm³/mol. The molecule has 1 saturated heterocycles. The highest BCUT2D eigenvalue weighted by atomic mass is 16.6. The van der Waals surface area contributed by atoms with Gasteiger partial charge in [0.05, 0.1) is 17.2 Å². The maximum atomic E-state index is 10.6. The molecule has 0 bridgehead atoms. The van der Waals surface area contributed by atoms with Crippen LogP contribution in [0.2, 0.25) is 0 Å². The molecule has 0 atom stereocenters. The molecule has 2 aromatic heterocycles. The fourth-order valence-corrected chi connectivity index (χ4v) is 2.99. The number of aromatic nitrogens is 2. The van der Waals surface area contributed by atoms with Crippen LogP contribution in [0.25, 0.3) is 0 Å². The summed E-state index contributed by atoms with van der Waals surface area (Å²) in [6, 6.07) is 3.12. The van der Waals surface area contributed by atoms with Crippen molar-refractivity contribution in [2.24, 2.45) is 5.92 Å². The van der Waals surface area contributed by atoms with Crippen LogP contribution in [0.5, 0.6) is 0 Å². The van der Waals surface area contributed by atoms with Crippen molar-refractivity contribution in [3.63, 3.8) is 0 Å². The van der Waals surface area contributed by atoms with Gasteiger partial charge in [0.15, 0.2) is 0 Å². The average Bonchev–Trinajstić information content (AvgIpc) is 2.92. The third-order valence-electron chi connectivity index (χ3n) is 4.67. The highest BCUT2D eigenvalue weighted by molar-refractivity contribution is 5.40. The van der Waals surface area contributed by atoms with Crippen LogP contribution in [0.1, 0.15) is 30.2 Å². The Hall–Kier alpha value is -2.48. The van der Waals surface area contributed by atoms with Gasteiger partial charge in [-0.2, -0.15) is 0 Å². The van der Waals surface area contributed by atoms with Crippen LogP contribution in [0, 0.1) is 29.9 Å². The van der Waals surface area contributed by atoms with Gasteiger partial charge < -0.3 is 9.73 Å². The molecule has 3 rings (SSSR count). The third kappa shape index (κ3) is 4.54. The average molecular weight is 345 g/mol. The Morgan fingerprint density at radius 1 is 1.36 bits per heavy atom. The number of nitrogens with one attached hydrogen (secondary N) is 1. The number of nitro groups is 1. The van der Waals surface area contributed by atoms with Crippen LogP contribution in [0.3, 0.4) is 0 Å². The lowest BCUT2D eigenvalue weighted by Crippen LogP contribution is -2.35. The van der Waals surface area contributed by atoms with Crippen molar-refractivity contribution in [3.8, 4) is 0 Å². The molecule has 8 nitrogen and oxygen atoms in total. The van der Waals surface area contributed by atoms with Crippen molar-refractivity contribution in [2.45, 2.75) is 33.2 Å². The molecule has 0 unspecified atom stereocenters. The van der Waals surface area contributed by atoms with Gasteiger partial charge in [-0.05, 0) is 51.8 Å². The van der Waals surface area contributed by atoms with Crippen LogP contribution in [-0.4, -0.2) is 39.4 Å². The number of rotatable bonds is 6. The first-order valence-corrected chi connectivity index (χ1v) is 8.51. The molecule has 8 heteroatoms. The second-order valence-electron chi connectivity index (χ2n) is 6.51. The number of oxazole rings is 1. The summed E-state index contributed by atoms with van der Waals surface area (Å²) >= 11 is 0. The summed E-state index contributed by atoms with van der Waals surface area (Å²) in [5, 5.41) is 13.9. The first kappa shape index (κ1) is 17.3. The lowest BCUT2D eigenvalue weighted by molar-refractivity contribution is -0.385. The molecule has 3 heterocycles. The zero-order chi connectivity index (χ0) is 17.8. The van der Waals surface area contributed by atoms with E-state index in [1.54, 1.807) is 6.07 Å². The Balaban J connectivity index is 1.42. The van der Waals surface area contributed by atoms with Crippen LogP contribution in [0.15, 0.2) is 22.7 Å². The second kappa shape index (κ2) is 7.60. The molecule has 0 spiro atoms. The lowest BCUT2D eigenvalue weighted by Gasteiger charge is -2.31. The lowest BCUT2D eigenvalue weighted by atomic mass is 9.97. The van der Waals surface area contributed by atoms with E-state index in [1.165, 1.54) is 12.3 Å². The summed E-state index contributed by atoms with van der Waals surface area (Å²) in [6.45, 7) is 7.53. The monoisotopic (exact) mass is 345 g/mol. The molecule has 0 radical (unpaired) electrons. The molecule has 2 aromatic rings. The fourth-order valence-electron chi connectivity index (χ4n) is 2.99. The van der Waals surface area contributed by atoms with Gasteiger partial charge in [-0.1, -0.05) is 0 Å². The SMILES string of the molecule is Cc1nc(CN2CCC(CNc3ccc([N+](=O)[O-])cn3)CC2)oc1C. The number of hydrogen-bond donors (Lipinski definition) is 1. The van der Waals surface area contributed by atoms with Gasteiger partial charge >= 0.3 is 0 Å². The molecule has 0 aromatic carbocycles. The van der Waals surface area contributed by atoms with Gasteiger partial charge in [0.25, 0.3) is 5.69 Å². The molecule has 1 N–H and O–H groups in total. The molecule has 1 fully saturated rings. The standard InChI is InChI=1S/C17H23N5O3/c1-12-13(2)25-17(20-12)11-21-7-5-14(6-8-21)9-18-16-4-3-15(10-19-16)22(23)24/h3-4,10,14H,5-9,11H2,1-2H3,(H,18,19). The molecule has 0 saturated carbocycles. The van der Waals surface area contributed by atoms with Crippen molar-refractivity contribution in [1.29, 1.82) is 0 Å². The molecule has 134 valence electrons. The van der Waals surface area contributed by atoms with Crippen molar-refractivity contribution in [1.82, 2.24) is 14.9 Å². The number of aryl methyl sites for hydroxylation is 2. The number of hydrogen-bond acceptors (Lipinski definition) is 7. The van der Waals surface area contributed by atoms with E-state index >= 15 is 0 Å². The van der Waals surface area contributed by atoms with E-state index in [1.807, 2.05) is 13.8 Å². The minimum absolute atomic E-state index is 0.0101. The zero-order valence-electron chi connectivity index (χ0n) is 14.6. The van der Waals surface area contributed by atoms with Crippen LogP contribution >= 0.6 is 0 Å². The highest BCUT2D eigenvalue weighted by Crippen LogP contribution is 2.20. The predicted octanol–water partition coefficient (Wildman–Crippen LogP) is 2.92. The smallest absolute Gasteiger partial charge is 0.287 e. The largest absolute Gasteiger partial charge is 0.444 e. The topological polar surface area (TPSA) is 97.3 Å². The molecular weight excluding hydrogens is 322 g/mol. The number of pyridine rings is 1. The summed E-state index contributed by atoms with van der Waals surface area (Å²) in [6.07, 6.45) is 3.47. The number of likely N-dealkylation sites (tertiary alicyclic amines) is 1. The molecule has 0 aliphatic carbocycles. The fraction of sp³-hybridized carbons (Fsp3) is 0.529. The van der Waals surface area contributed by atoms with Crippen molar-refractivity contribution in [3.05, 3.63) is 45.8 Å². The highest BCUT2D eigenvalue weighted by Gasteiger charge is 2.21. The number of anilines is 1. The second-order valence-corrected chi connectivity index (χ2v) is 6.51. The Morgan fingerprint density at radius 3 is 2.68 bits per heavy atom. The quantitative estimate of drug-likeness (QED) is 0.635. The summed E-state index contributed by atoms with van der Waals surface area (Å²) in [5.74, 6) is 2.94. The van der Waals surface area contributed by atoms with E-state index < -0.39 is 4.92 Å². The Morgan fingerprint density at radius 2 is 2.12 bits per heavy atom. The van der Waals surface area contributed by atoms with Gasteiger partial charge in [-0.3, -0.25) is 15.0 Å². The molecule has 1 aliphatic rings. The number of piperidine rings is 1. The van der Waals surface area contributed by atoms with E-state index in [0.29, 0.717) is 11.7 Å². The summed E-state index contributed by atoms with van der Waals surface area (Å²) in [5.41, 5.74) is 0.973. The van der Waals surface area contributed by atoms with Gasteiger partial charge in [0.2, 0.25) is 5.89 Å². The minimum atomic E-state index is -0.441. The van der Waals surface area contributed by atoms with E-state index in [-0.39, 0.29) is 5.69 Å². The minimum Gasteiger partial charge on any atom is -0.444 e. The summed E-state index contributed by atoms with van der Waals surface area (Å²) in [7, 11) is 0.